The summed E-state index contributed by atoms with van der Waals surface area (Å²) in [5.41, 5.74) is 3.95. The lowest BCUT2D eigenvalue weighted by atomic mass is 9.97. The van der Waals surface area contributed by atoms with Gasteiger partial charge in [0.1, 0.15) is 0 Å². The molecule has 0 unspecified atom stereocenters. The number of nitrogens with zero attached hydrogens (tertiary/aromatic N) is 3. The molecule has 0 radical (unpaired) electrons. The molecule has 1 amide bonds. The van der Waals surface area contributed by atoms with Gasteiger partial charge in [-0.15, -0.1) is 0 Å². The van der Waals surface area contributed by atoms with Crippen molar-refractivity contribution in [3.8, 4) is 11.3 Å². The van der Waals surface area contributed by atoms with Gasteiger partial charge >= 0.3 is 0 Å². The third-order valence-electron chi connectivity index (χ3n) is 4.55. The average Bonchev–Trinajstić information content (AvgIpc) is 2.64. The van der Waals surface area contributed by atoms with Crippen LogP contribution in [0, 0.1) is 12.8 Å². The van der Waals surface area contributed by atoms with Crippen LogP contribution in [0.5, 0.6) is 0 Å². The van der Waals surface area contributed by atoms with Gasteiger partial charge in [0.2, 0.25) is 11.9 Å². The van der Waals surface area contributed by atoms with Crippen molar-refractivity contribution in [2.45, 2.75) is 19.8 Å². The number of aryl methyl sites for hydroxylation is 1. The molecule has 132 valence electrons. The molecule has 1 aliphatic heterocycles. The molecule has 1 fully saturated rings. The van der Waals surface area contributed by atoms with Gasteiger partial charge in [0.05, 0.1) is 5.69 Å². The van der Waals surface area contributed by atoms with Gasteiger partial charge < -0.3 is 10.2 Å². The molecule has 6 nitrogen and oxygen atoms in total. The summed E-state index contributed by atoms with van der Waals surface area (Å²) in [6.07, 6.45) is 3.48. The minimum Gasteiger partial charge on any atom is -0.378 e. The molecule has 1 aromatic carbocycles. The normalized spacial score (nSPS) is 15.0. The quantitative estimate of drug-likeness (QED) is 0.895. The molecule has 3 rings (SSSR count). The number of hydrogen-bond acceptors (Lipinski definition) is 5. The fraction of sp³-hybridized carbons (Fsp3) is 0.421. The van der Waals surface area contributed by atoms with Crippen LogP contribution in [-0.2, 0) is 4.79 Å². The number of benzene rings is 1. The molecule has 2 N–H and O–H groups in total. The highest BCUT2D eigenvalue weighted by molar-refractivity contribution is 5.91. The lowest BCUT2D eigenvalue weighted by molar-refractivity contribution is -0.120. The smallest absolute Gasteiger partial charge is 0.229 e. The van der Waals surface area contributed by atoms with Crippen LogP contribution in [0.2, 0.25) is 0 Å². The molecule has 6 heteroatoms. The highest BCUT2D eigenvalue weighted by Crippen LogP contribution is 2.25. The molecule has 1 aliphatic rings. The third kappa shape index (κ3) is 4.14. The van der Waals surface area contributed by atoms with Crippen molar-refractivity contribution in [1.29, 1.82) is 0 Å². The maximum Gasteiger partial charge on any atom is 0.229 e. The first-order chi connectivity index (χ1) is 12.0. The lowest BCUT2D eigenvalue weighted by Crippen LogP contribution is -2.35. The van der Waals surface area contributed by atoms with Gasteiger partial charge in [-0.3, -0.25) is 10.1 Å². The summed E-state index contributed by atoms with van der Waals surface area (Å²) in [6, 6.07) is 8.19. The van der Waals surface area contributed by atoms with Crippen LogP contribution in [0.15, 0.2) is 30.5 Å². The Bertz CT molecular complexity index is 753. The van der Waals surface area contributed by atoms with Gasteiger partial charge in [0.15, 0.2) is 0 Å². The molecule has 1 aromatic heterocycles. The van der Waals surface area contributed by atoms with Crippen molar-refractivity contribution in [2.24, 2.45) is 5.92 Å². The minimum absolute atomic E-state index is 0.0124. The summed E-state index contributed by atoms with van der Waals surface area (Å²) in [7, 11) is 4.02. The van der Waals surface area contributed by atoms with Gasteiger partial charge in [-0.05, 0) is 50.6 Å². The first-order valence-corrected chi connectivity index (χ1v) is 8.67. The van der Waals surface area contributed by atoms with Crippen LogP contribution in [0.4, 0.5) is 11.6 Å². The zero-order valence-corrected chi connectivity index (χ0v) is 15.0. The number of piperidine rings is 1. The second kappa shape index (κ2) is 7.61. The number of nitrogens with one attached hydrogen (secondary N) is 2. The van der Waals surface area contributed by atoms with Crippen LogP contribution in [-0.4, -0.2) is 43.1 Å². The van der Waals surface area contributed by atoms with E-state index in [1.165, 1.54) is 0 Å². The summed E-state index contributed by atoms with van der Waals surface area (Å²) in [4.78, 5) is 23.4. The first-order valence-electron chi connectivity index (χ1n) is 8.67. The van der Waals surface area contributed by atoms with E-state index in [1.54, 1.807) is 6.20 Å². The molecule has 1 saturated heterocycles. The van der Waals surface area contributed by atoms with Gasteiger partial charge in [-0.25, -0.2) is 9.97 Å². The van der Waals surface area contributed by atoms with E-state index < -0.39 is 0 Å². The molecule has 0 saturated carbocycles. The molecule has 0 bridgehead atoms. The van der Waals surface area contributed by atoms with Gasteiger partial charge in [-0.2, -0.15) is 0 Å². The monoisotopic (exact) mass is 339 g/mol. The summed E-state index contributed by atoms with van der Waals surface area (Å²) in [5, 5.41) is 6.16. The van der Waals surface area contributed by atoms with Crippen molar-refractivity contribution >= 4 is 17.5 Å². The topological polar surface area (TPSA) is 70.1 Å². The highest BCUT2D eigenvalue weighted by atomic mass is 16.2. The Labute approximate surface area is 148 Å². The van der Waals surface area contributed by atoms with Crippen LogP contribution in [0.3, 0.4) is 0 Å². The second-order valence-corrected chi connectivity index (χ2v) is 6.68. The molecular formula is C19H25N5O. The predicted molar refractivity (Wildman–Crippen MR) is 101 cm³/mol. The van der Waals surface area contributed by atoms with Crippen molar-refractivity contribution in [3.63, 3.8) is 0 Å². The SMILES string of the molecule is Cc1cnc(NC(=O)C2CCNCC2)nc1-c1cccc(N(C)C)c1. The van der Waals surface area contributed by atoms with E-state index in [-0.39, 0.29) is 11.8 Å². The predicted octanol–water partition coefficient (Wildman–Crippen LogP) is 2.46. The number of aromatic nitrogens is 2. The molecule has 25 heavy (non-hydrogen) atoms. The number of amides is 1. The highest BCUT2D eigenvalue weighted by Gasteiger charge is 2.21. The van der Waals surface area contributed by atoms with E-state index in [9.17, 15) is 4.79 Å². The Morgan fingerprint density at radius 1 is 1.28 bits per heavy atom. The van der Waals surface area contributed by atoms with E-state index >= 15 is 0 Å². The average molecular weight is 339 g/mol. The second-order valence-electron chi connectivity index (χ2n) is 6.68. The Hall–Kier alpha value is -2.47. The third-order valence-corrected chi connectivity index (χ3v) is 4.55. The van der Waals surface area contributed by atoms with E-state index in [0.29, 0.717) is 5.95 Å². The van der Waals surface area contributed by atoms with Crippen molar-refractivity contribution in [2.75, 3.05) is 37.4 Å². The number of anilines is 2. The molecule has 0 aliphatic carbocycles. The zero-order chi connectivity index (χ0) is 17.8. The van der Waals surface area contributed by atoms with Crippen LogP contribution < -0.4 is 15.5 Å². The fourth-order valence-corrected chi connectivity index (χ4v) is 3.02. The molecule has 0 atom stereocenters. The van der Waals surface area contributed by atoms with E-state index in [0.717, 1.165) is 48.4 Å². The summed E-state index contributed by atoms with van der Waals surface area (Å²) < 4.78 is 0. The van der Waals surface area contributed by atoms with Crippen LogP contribution >= 0.6 is 0 Å². The van der Waals surface area contributed by atoms with Gasteiger partial charge in [0, 0.05) is 37.5 Å². The molecular weight excluding hydrogens is 314 g/mol. The first kappa shape index (κ1) is 17.4. The Kier molecular flexibility index (Phi) is 5.28. The van der Waals surface area contributed by atoms with E-state index in [2.05, 4.69) is 37.6 Å². The van der Waals surface area contributed by atoms with Crippen molar-refractivity contribution in [1.82, 2.24) is 15.3 Å². The number of carbonyl (C=O) groups excluding carboxylic acids is 1. The minimum atomic E-state index is 0.0124. The molecule has 2 aromatic rings. The molecule has 2 heterocycles. The number of hydrogen-bond donors (Lipinski definition) is 2. The Balaban J connectivity index is 1.83. The molecule has 0 spiro atoms. The Morgan fingerprint density at radius 2 is 2.04 bits per heavy atom. The zero-order valence-electron chi connectivity index (χ0n) is 15.0. The maximum atomic E-state index is 12.4. The van der Waals surface area contributed by atoms with E-state index in [1.807, 2.05) is 33.2 Å². The van der Waals surface area contributed by atoms with Gasteiger partial charge in [0.25, 0.3) is 0 Å². The standard InChI is InChI=1S/C19H25N5O/c1-13-12-21-19(23-18(25)14-7-9-20-10-8-14)22-17(13)15-5-4-6-16(11-15)24(2)3/h4-6,11-12,14,20H,7-10H2,1-3H3,(H,21,22,23,25). The number of rotatable bonds is 4. The van der Waals surface area contributed by atoms with Crippen molar-refractivity contribution < 1.29 is 4.79 Å². The Morgan fingerprint density at radius 3 is 2.76 bits per heavy atom. The van der Waals surface area contributed by atoms with E-state index in [4.69, 9.17) is 0 Å². The largest absolute Gasteiger partial charge is 0.378 e. The van der Waals surface area contributed by atoms with Crippen LogP contribution in [0.25, 0.3) is 11.3 Å². The maximum absolute atomic E-state index is 12.4. The van der Waals surface area contributed by atoms with Crippen molar-refractivity contribution in [3.05, 3.63) is 36.0 Å². The number of carbonyl (C=O) groups is 1. The lowest BCUT2D eigenvalue weighted by Gasteiger charge is -2.21. The summed E-state index contributed by atoms with van der Waals surface area (Å²) in [6.45, 7) is 3.75. The summed E-state index contributed by atoms with van der Waals surface area (Å²) >= 11 is 0. The fourth-order valence-electron chi connectivity index (χ4n) is 3.02. The van der Waals surface area contributed by atoms with Gasteiger partial charge in [-0.1, -0.05) is 12.1 Å². The summed E-state index contributed by atoms with van der Waals surface area (Å²) in [5.74, 6) is 0.421. The van der Waals surface area contributed by atoms with Crippen LogP contribution in [0.1, 0.15) is 18.4 Å².